The zero-order valence-electron chi connectivity index (χ0n) is 22.9. The third kappa shape index (κ3) is 6.41. The Bertz CT molecular complexity index is 1460. The van der Waals surface area contributed by atoms with Crippen LogP contribution in [-0.2, 0) is 20.7 Å². The predicted octanol–water partition coefficient (Wildman–Crippen LogP) is 6.39. The number of amides is 1. The number of carbonyl (C=O) groups excluding carboxylic acids is 2. The van der Waals surface area contributed by atoms with Crippen molar-refractivity contribution in [3.05, 3.63) is 94.2 Å². The van der Waals surface area contributed by atoms with Gasteiger partial charge in [0, 0.05) is 29.1 Å². The topological polar surface area (TPSA) is 86.1 Å². The minimum absolute atomic E-state index is 0.0677. The molecule has 4 rings (SSSR count). The summed E-state index contributed by atoms with van der Waals surface area (Å²) in [5.41, 5.74) is 6.69. The van der Waals surface area contributed by atoms with E-state index in [1.807, 2.05) is 24.8 Å². The van der Waals surface area contributed by atoms with Gasteiger partial charge in [-0.2, -0.15) is 0 Å². The molecule has 0 spiro atoms. The first kappa shape index (κ1) is 29.0. The van der Waals surface area contributed by atoms with E-state index in [9.17, 15) is 9.59 Å². The van der Waals surface area contributed by atoms with Crippen LogP contribution < -0.4 is 0 Å². The number of nitrogens with one attached hydrogen (secondary N) is 1. The van der Waals surface area contributed by atoms with Crippen LogP contribution in [0.2, 0.25) is 0 Å². The molecule has 1 N–H and O–H groups in total. The van der Waals surface area contributed by atoms with Gasteiger partial charge in [-0.15, -0.1) is 0 Å². The van der Waals surface area contributed by atoms with Crippen molar-refractivity contribution in [2.75, 3.05) is 13.2 Å². The summed E-state index contributed by atoms with van der Waals surface area (Å²) in [6.07, 6.45) is 12.6. The molecule has 0 aliphatic carbocycles. The molecule has 0 aromatic heterocycles. The molecule has 0 fully saturated rings. The molecule has 0 unspecified atom stereocenters. The van der Waals surface area contributed by atoms with Crippen LogP contribution in [0.15, 0.2) is 82.2 Å². The van der Waals surface area contributed by atoms with E-state index in [-0.39, 0.29) is 24.5 Å². The second-order valence-electron chi connectivity index (χ2n) is 9.51. The van der Waals surface area contributed by atoms with E-state index in [0.29, 0.717) is 41.2 Å². The molecular formula is C31H32ClFN4O3. The molecule has 0 radical (unpaired) electrons. The lowest BCUT2D eigenvalue weighted by Crippen LogP contribution is -2.37. The van der Waals surface area contributed by atoms with Gasteiger partial charge in [-0.25, -0.2) is 14.2 Å². The number of aliphatic imine (C=N–C) groups is 1. The summed E-state index contributed by atoms with van der Waals surface area (Å²) in [5, 5.41) is 7.18. The minimum atomic E-state index is -0.693. The van der Waals surface area contributed by atoms with Crippen molar-refractivity contribution in [1.82, 2.24) is 9.80 Å². The fourth-order valence-electron chi connectivity index (χ4n) is 4.68. The van der Waals surface area contributed by atoms with Crippen LogP contribution in [-0.4, -0.2) is 45.7 Å². The molecule has 0 atom stereocenters. The third-order valence-electron chi connectivity index (χ3n) is 6.84. The summed E-state index contributed by atoms with van der Waals surface area (Å²) in [6.45, 7) is 6.43. The summed E-state index contributed by atoms with van der Waals surface area (Å²) in [4.78, 5) is 33.8. The van der Waals surface area contributed by atoms with Gasteiger partial charge in [-0.05, 0) is 69.7 Å². The van der Waals surface area contributed by atoms with Crippen LogP contribution in [0, 0.1) is 11.2 Å². The molecule has 3 aliphatic heterocycles. The molecule has 9 heteroatoms. The van der Waals surface area contributed by atoms with Gasteiger partial charge in [-0.1, -0.05) is 48.5 Å². The quantitative estimate of drug-likeness (QED) is 0.172. The van der Waals surface area contributed by atoms with Crippen molar-refractivity contribution < 1.29 is 18.7 Å². The fourth-order valence-corrected chi connectivity index (χ4v) is 4.84. The number of halogens is 2. The van der Waals surface area contributed by atoms with Crippen molar-refractivity contribution in [1.29, 1.82) is 5.41 Å². The molecule has 1 aromatic rings. The average Bonchev–Trinajstić information content (AvgIpc) is 3.15. The van der Waals surface area contributed by atoms with Crippen molar-refractivity contribution in [3.8, 4) is 0 Å². The maximum atomic E-state index is 15.3. The number of fused-ring (bicyclic) bond motifs is 1. The number of nitrogens with zero attached hydrogens (tertiary/aromatic N) is 3. The van der Waals surface area contributed by atoms with Gasteiger partial charge in [-0.3, -0.25) is 15.1 Å². The SMILES string of the molecule is CCOC(=O)/C(=C/Cc1ccc(C2=C=CN3C(CC)=CC(C(=O)N4CCCCC=C4C)=NC3=C2)c(F)c1)C(=N)Cl. The van der Waals surface area contributed by atoms with E-state index < -0.39 is 17.0 Å². The Kier molecular flexibility index (Phi) is 9.35. The number of rotatable bonds is 8. The van der Waals surface area contributed by atoms with Crippen LogP contribution in [0.3, 0.4) is 0 Å². The number of benzene rings is 1. The highest BCUT2D eigenvalue weighted by Crippen LogP contribution is 2.31. The lowest BCUT2D eigenvalue weighted by atomic mass is 10.00. The molecule has 0 saturated heterocycles. The van der Waals surface area contributed by atoms with Crippen molar-refractivity contribution in [3.63, 3.8) is 0 Å². The van der Waals surface area contributed by atoms with E-state index >= 15 is 4.39 Å². The van der Waals surface area contributed by atoms with Gasteiger partial charge in [0.15, 0.2) is 0 Å². The molecule has 40 heavy (non-hydrogen) atoms. The van der Waals surface area contributed by atoms with Gasteiger partial charge < -0.3 is 9.64 Å². The summed E-state index contributed by atoms with van der Waals surface area (Å²) in [6, 6.07) is 4.75. The Morgan fingerprint density at radius 1 is 1.25 bits per heavy atom. The van der Waals surface area contributed by atoms with Crippen LogP contribution in [0.5, 0.6) is 0 Å². The monoisotopic (exact) mass is 562 g/mol. The maximum Gasteiger partial charge on any atom is 0.340 e. The van der Waals surface area contributed by atoms with Gasteiger partial charge in [0.2, 0.25) is 0 Å². The second-order valence-corrected chi connectivity index (χ2v) is 9.89. The fraction of sp³-hybridized carbons (Fsp3) is 0.323. The largest absolute Gasteiger partial charge is 0.462 e. The molecular weight excluding hydrogens is 531 g/mol. The van der Waals surface area contributed by atoms with Crippen molar-refractivity contribution >= 4 is 39.9 Å². The zero-order valence-corrected chi connectivity index (χ0v) is 23.6. The molecule has 3 heterocycles. The first-order valence-electron chi connectivity index (χ1n) is 13.4. The zero-order chi connectivity index (χ0) is 28.8. The smallest absolute Gasteiger partial charge is 0.340 e. The van der Waals surface area contributed by atoms with Gasteiger partial charge >= 0.3 is 5.97 Å². The number of carbonyl (C=O) groups is 2. The Labute approximate surface area is 238 Å². The third-order valence-corrected chi connectivity index (χ3v) is 7.05. The lowest BCUT2D eigenvalue weighted by molar-refractivity contribution is -0.137. The summed E-state index contributed by atoms with van der Waals surface area (Å²) in [7, 11) is 0. The van der Waals surface area contributed by atoms with E-state index in [1.165, 1.54) is 12.1 Å². The molecule has 7 nitrogen and oxygen atoms in total. The van der Waals surface area contributed by atoms with Crippen LogP contribution >= 0.6 is 11.6 Å². The average molecular weight is 563 g/mol. The van der Waals surface area contributed by atoms with Gasteiger partial charge in [0.25, 0.3) is 5.91 Å². The standard InChI is InChI=1S/C31H32ClFN4O3/c1-4-23-19-27(30(38)36-15-8-6-7-9-20(36)3)35-28-18-22(14-16-37(23)28)24-12-10-21(17-26(24)33)11-13-25(29(32)34)31(39)40-5-2/h9-10,12-13,16-19,34H,4-8,11,15H2,1-3H3/b25-13+,34-29?. The Morgan fingerprint density at radius 2 is 2.05 bits per heavy atom. The molecule has 1 aromatic carbocycles. The molecule has 3 aliphatic rings. The number of hydrogen-bond acceptors (Lipinski definition) is 6. The second kappa shape index (κ2) is 12.9. The van der Waals surface area contributed by atoms with Crippen molar-refractivity contribution in [2.24, 2.45) is 4.99 Å². The normalized spacial score (nSPS) is 17.1. The highest BCUT2D eigenvalue weighted by atomic mass is 35.5. The molecule has 1 amide bonds. The lowest BCUT2D eigenvalue weighted by Gasteiger charge is -2.30. The Morgan fingerprint density at radius 3 is 2.75 bits per heavy atom. The predicted molar refractivity (Wildman–Crippen MR) is 155 cm³/mol. The Balaban J connectivity index is 1.61. The number of ether oxygens (including phenoxy) is 1. The van der Waals surface area contributed by atoms with Crippen LogP contribution in [0.4, 0.5) is 4.39 Å². The van der Waals surface area contributed by atoms with Crippen LogP contribution in [0.1, 0.15) is 57.6 Å². The van der Waals surface area contributed by atoms with Crippen molar-refractivity contribution in [2.45, 2.75) is 52.9 Å². The van der Waals surface area contributed by atoms with Crippen LogP contribution in [0.25, 0.3) is 5.57 Å². The maximum absolute atomic E-state index is 15.3. The highest BCUT2D eigenvalue weighted by Gasteiger charge is 2.27. The number of allylic oxidation sites excluding steroid dienone is 6. The minimum Gasteiger partial charge on any atom is -0.462 e. The van der Waals surface area contributed by atoms with Gasteiger partial charge in [0.05, 0.1) is 18.4 Å². The summed E-state index contributed by atoms with van der Waals surface area (Å²) in [5.74, 6) is -0.780. The molecule has 208 valence electrons. The first-order chi connectivity index (χ1) is 19.2. The van der Waals surface area contributed by atoms with Gasteiger partial charge in [0.1, 0.15) is 22.5 Å². The van der Waals surface area contributed by atoms with E-state index in [4.69, 9.17) is 21.7 Å². The number of esters is 1. The molecule has 0 saturated carbocycles. The molecule has 0 bridgehead atoms. The number of hydrogen-bond donors (Lipinski definition) is 1. The van der Waals surface area contributed by atoms with E-state index in [1.54, 1.807) is 36.2 Å². The van der Waals surface area contributed by atoms with E-state index in [2.05, 4.69) is 16.8 Å². The summed E-state index contributed by atoms with van der Waals surface area (Å²) < 4.78 is 20.2. The highest BCUT2D eigenvalue weighted by molar-refractivity contribution is 6.71. The Hall–Kier alpha value is -4.00. The summed E-state index contributed by atoms with van der Waals surface area (Å²) >= 11 is 5.74. The van der Waals surface area contributed by atoms with E-state index in [0.717, 1.165) is 30.7 Å². The first-order valence-corrected chi connectivity index (χ1v) is 13.8.